The number of rotatable bonds is 3. The second-order valence-corrected chi connectivity index (χ2v) is 5.75. The van der Waals surface area contributed by atoms with Crippen LogP contribution in [0.3, 0.4) is 0 Å². The van der Waals surface area contributed by atoms with Crippen LogP contribution >= 0.6 is 0 Å². The summed E-state index contributed by atoms with van der Waals surface area (Å²) in [4.78, 5) is 24.8. The van der Waals surface area contributed by atoms with Crippen molar-refractivity contribution in [1.29, 1.82) is 0 Å². The van der Waals surface area contributed by atoms with Crippen LogP contribution < -0.4 is 10.6 Å². The summed E-state index contributed by atoms with van der Waals surface area (Å²) in [7, 11) is 0. The van der Waals surface area contributed by atoms with Crippen LogP contribution in [0.5, 0.6) is 0 Å². The maximum absolute atomic E-state index is 12.1. The normalized spacial score (nSPS) is 24.1. The lowest BCUT2D eigenvalue weighted by Gasteiger charge is -2.48. The Morgan fingerprint density at radius 3 is 2.90 bits per heavy atom. The van der Waals surface area contributed by atoms with E-state index in [0.717, 1.165) is 19.4 Å². The molecule has 1 atom stereocenters. The molecule has 20 heavy (non-hydrogen) atoms. The van der Waals surface area contributed by atoms with Gasteiger partial charge in [0.2, 0.25) is 0 Å². The topological polar surface area (TPSA) is 100 Å². The molecule has 1 aliphatic heterocycles. The first kappa shape index (κ1) is 13.1. The van der Waals surface area contributed by atoms with Gasteiger partial charge >= 0.3 is 0 Å². The van der Waals surface area contributed by atoms with E-state index in [1.807, 2.05) is 0 Å². The molecular formula is C13H18N4O3. The number of nitrogens with zero attached hydrogens (tertiary/aromatic N) is 1. The first-order valence-electron chi connectivity index (χ1n) is 6.97. The SMILES string of the molecule is O=C(NC1CCNC2(CCC2)C1)c1cc([N+](=O)[O-])c[nH]1. The standard InChI is InChI=1S/C13H18N4O3/c18-12(11-6-10(8-14-11)17(19)20)16-9-2-5-15-13(7-9)3-1-4-13/h6,8-9,14-15H,1-5,7H2,(H,16,18). The average Bonchev–Trinajstić information content (AvgIpc) is 2.87. The van der Waals surface area contributed by atoms with Crippen molar-refractivity contribution >= 4 is 11.6 Å². The molecule has 1 saturated heterocycles. The number of piperidine rings is 1. The summed E-state index contributed by atoms with van der Waals surface area (Å²) in [5.74, 6) is -0.264. The zero-order valence-corrected chi connectivity index (χ0v) is 11.1. The molecule has 1 aromatic heterocycles. The predicted octanol–water partition coefficient (Wildman–Crippen LogP) is 1.33. The largest absolute Gasteiger partial charge is 0.351 e. The van der Waals surface area contributed by atoms with Crippen molar-refractivity contribution in [1.82, 2.24) is 15.6 Å². The number of hydrogen-bond acceptors (Lipinski definition) is 4. The van der Waals surface area contributed by atoms with E-state index < -0.39 is 4.92 Å². The van der Waals surface area contributed by atoms with Crippen molar-refractivity contribution in [3.63, 3.8) is 0 Å². The maximum atomic E-state index is 12.1. The van der Waals surface area contributed by atoms with Gasteiger partial charge in [-0.15, -0.1) is 0 Å². The fraction of sp³-hybridized carbons (Fsp3) is 0.615. The van der Waals surface area contributed by atoms with Gasteiger partial charge in [0.05, 0.1) is 11.1 Å². The molecule has 1 amide bonds. The van der Waals surface area contributed by atoms with Crippen LogP contribution in [0.1, 0.15) is 42.6 Å². The highest BCUT2D eigenvalue weighted by Gasteiger charge is 2.41. The van der Waals surface area contributed by atoms with Gasteiger partial charge in [0.1, 0.15) is 5.69 Å². The lowest BCUT2D eigenvalue weighted by Crippen LogP contribution is -2.59. The Morgan fingerprint density at radius 1 is 1.50 bits per heavy atom. The summed E-state index contributed by atoms with van der Waals surface area (Å²) < 4.78 is 0. The van der Waals surface area contributed by atoms with Crippen molar-refractivity contribution < 1.29 is 9.72 Å². The van der Waals surface area contributed by atoms with Gasteiger partial charge in [-0.05, 0) is 38.6 Å². The molecule has 1 unspecified atom stereocenters. The van der Waals surface area contributed by atoms with Crippen molar-refractivity contribution in [3.8, 4) is 0 Å². The van der Waals surface area contributed by atoms with E-state index in [1.165, 1.54) is 31.5 Å². The number of nitro groups is 1. The summed E-state index contributed by atoms with van der Waals surface area (Å²) >= 11 is 0. The van der Waals surface area contributed by atoms with Gasteiger partial charge in [-0.3, -0.25) is 14.9 Å². The molecule has 1 aliphatic carbocycles. The second-order valence-electron chi connectivity index (χ2n) is 5.75. The van der Waals surface area contributed by atoms with Gasteiger partial charge in [-0.1, -0.05) is 0 Å². The Balaban J connectivity index is 1.61. The van der Waals surface area contributed by atoms with Crippen LogP contribution in [0, 0.1) is 10.1 Å². The van der Waals surface area contributed by atoms with E-state index >= 15 is 0 Å². The first-order chi connectivity index (χ1) is 9.58. The van der Waals surface area contributed by atoms with Crippen LogP contribution in [-0.2, 0) is 0 Å². The monoisotopic (exact) mass is 278 g/mol. The lowest BCUT2D eigenvalue weighted by atomic mass is 9.70. The molecule has 3 N–H and O–H groups in total. The molecule has 1 saturated carbocycles. The van der Waals surface area contributed by atoms with Gasteiger partial charge in [-0.2, -0.15) is 0 Å². The highest BCUT2D eigenvalue weighted by molar-refractivity contribution is 5.93. The fourth-order valence-corrected chi connectivity index (χ4v) is 3.15. The predicted molar refractivity (Wildman–Crippen MR) is 72.5 cm³/mol. The molecule has 0 bridgehead atoms. The summed E-state index contributed by atoms with van der Waals surface area (Å²) in [6.07, 6.45) is 6.68. The minimum atomic E-state index is -0.513. The average molecular weight is 278 g/mol. The number of carbonyl (C=O) groups is 1. The molecule has 0 aromatic carbocycles. The molecule has 2 heterocycles. The molecule has 108 valence electrons. The van der Waals surface area contributed by atoms with Crippen LogP contribution in [0.4, 0.5) is 5.69 Å². The number of hydrogen-bond donors (Lipinski definition) is 3. The summed E-state index contributed by atoms with van der Waals surface area (Å²) in [5.41, 5.74) is 0.381. The lowest BCUT2D eigenvalue weighted by molar-refractivity contribution is -0.384. The molecule has 2 aliphatic rings. The van der Waals surface area contributed by atoms with Gasteiger partial charge in [0.25, 0.3) is 11.6 Å². The van der Waals surface area contributed by atoms with Gasteiger partial charge in [0.15, 0.2) is 0 Å². The number of aromatic amines is 1. The van der Waals surface area contributed by atoms with Crippen molar-refractivity contribution in [2.45, 2.75) is 43.7 Å². The van der Waals surface area contributed by atoms with Crippen molar-refractivity contribution in [2.24, 2.45) is 0 Å². The minimum Gasteiger partial charge on any atom is -0.351 e. The Morgan fingerprint density at radius 2 is 2.30 bits per heavy atom. The number of nitrogens with one attached hydrogen (secondary N) is 3. The van der Waals surface area contributed by atoms with Crippen molar-refractivity contribution in [3.05, 3.63) is 28.1 Å². The number of H-pyrrole nitrogens is 1. The molecule has 7 nitrogen and oxygen atoms in total. The van der Waals surface area contributed by atoms with E-state index in [-0.39, 0.29) is 28.9 Å². The number of carbonyl (C=O) groups excluding carboxylic acids is 1. The third-order valence-corrected chi connectivity index (χ3v) is 4.40. The van der Waals surface area contributed by atoms with E-state index in [2.05, 4.69) is 15.6 Å². The van der Waals surface area contributed by atoms with Gasteiger partial charge in [-0.25, -0.2) is 0 Å². The zero-order chi connectivity index (χ0) is 14.2. The molecule has 3 rings (SSSR count). The summed E-state index contributed by atoms with van der Waals surface area (Å²) in [6, 6.07) is 1.42. The zero-order valence-electron chi connectivity index (χ0n) is 11.1. The smallest absolute Gasteiger partial charge is 0.287 e. The Hall–Kier alpha value is -1.89. The third-order valence-electron chi connectivity index (χ3n) is 4.40. The molecule has 0 radical (unpaired) electrons. The van der Waals surface area contributed by atoms with E-state index in [4.69, 9.17) is 0 Å². The molecule has 1 aromatic rings. The molecular weight excluding hydrogens is 260 g/mol. The fourth-order valence-electron chi connectivity index (χ4n) is 3.15. The third kappa shape index (κ3) is 2.40. The van der Waals surface area contributed by atoms with Crippen LogP contribution in [0.25, 0.3) is 0 Å². The van der Waals surface area contributed by atoms with Crippen LogP contribution in [0.15, 0.2) is 12.3 Å². The van der Waals surface area contributed by atoms with E-state index in [0.29, 0.717) is 0 Å². The Bertz CT molecular complexity index is 535. The highest BCUT2D eigenvalue weighted by Crippen LogP contribution is 2.38. The van der Waals surface area contributed by atoms with E-state index in [9.17, 15) is 14.9 Å². The Kier molecular flexibility index (Phi) is 3.21. The first-order valence-corrected chi connectivity index (χ1v) is 6.97. The second kappa shape index (κ2) is 4.90. The molecule has 2 fully saturated rings. The maximum Gasteiger partial charge on any atom is 0.287 e. The van der Waals surface area contributed by atoms with Crippen molar-refractivity contribution in [2.75, 3.05) is 6.54 Å². The molecule has 1 spiro atoms. The Labute approximate surface area is 116 Å². The summed E-state index contributed by atoms with van der Waals surface area (Å²) in [5, 5.41) is 17.1. The highest BCUT2D eigenvalue weighted by atomic mass is 16.6. The number of aromatic nitrogens is 1. The number of amides is 1. The molecule has 7 heteroatoms. The van der Waals surface area contributed by atoms with Crippen LogP contribution in [0.2, 0.25) is 0 Å². The quantitative estimate of drug-likeness (QED) is 0.573. The van der Waals surface area contributed by atoms with Gasteiger partial charge < -0.3 is 15.6 Å². The van der Waals surface area contributed by atoms with Gasteiger partial charge in [0, 0.05) is 17.6 Å². The minimum absolute atomic E-state index is 0.0871. The van der Waals surface area contributed by atoms with E-state index in [1.54, 1.807) is 0 Å². The summed E-state index contributed by atoms with van der Waals surface area (Å²) in [6.45, 7) is 0.913. The van der Waals surface area contributed by atoms with Crippen LogP contribution in [-0.4, -0.2) is 33.9 Å².